The van der Waals surface area contributed by atoms with E-state index in [4.69, 9.17) is 4.98 Å². The number of imidazole rings is 1. The van der Waals surface area contributed by atoms with Crippen LogP contribution in [0.2, 0.25) is 0 Å². The third-order valence-corrected chi connectivity index (χ3v) is 9.35. The van der Waals surface area contributed by atoms with E-state index in [9.17, 15) is 9.59 Å². The molecule has 1 aliphatic carbocycles. The molecule has 0 spiro atoms. The third kappa shape index (κ3) is 5.58. The van der Waals surface area contributed by atoms with Gasteiger partial charge in [0.2, 0.25) is 11.8 Å². The Bertz CT molecular complexity index is 1060. The first kappa shape index (κ1) is 27.0. The Labute approximate surface area is 221 Å². The molecule has 1 saturated heterocycles. The molecule has 2 aromatic rings. The molecule has 6 heteroatoms. The second-order valence-corrected chi connectivity index (χ2v) is 12.6. The lowest BCUT2D eigenvalue weighted by Gasteiger charge is -2.38. The molecule has 1 aromatic carbocycles. The Morgan fingerprint density at radius 3 is 2.44 bits per heavy atom. The van der Waals surface area contributed by atoms with Crippen molar-refractivity contribution < 1.29 is 9.59 Å². The maximum Gasteiger partial charge on any atom is 0.236 e. The standard InChI is InChI=1S/C30H43N3O2S/c1-19(2)24-15-12-21(4)17-25(24)30(35)33-18-26(23-13-10-20(3)11-14-23)31-28(33)27-9-7-8-16-32(27)29(34)22(5)36-6/h10-11,13-14,18-19,21-22,24-25,27H,7-9,12,15-17H2,1-6H3/t21-,22?,24+,25-,27?/m1/s1. The van der Waals surface area contributed by atoms with Crippen molar-refractivity contribution in [3.05, 3.63) is 41.9 Å². The molecule has 0 radical (unpaired) electrons. The molecule has 0 N–H and O–H groups in total. The molecular weight excluding hydrogens is 466 g/mol. The Morgan fingerprint density at radius 2 is 1.78 bits per heavy atom. The minimum atomic E-state index is -0.164. The first-order valence-corrected chi connectivity index (χ1v) is 15.0. The van der Waals surface area contributed by atoms with Crippen molar-refractivity contribution in [2.45, 2.75) is 84.4 Å². The number of aryl methyl sites for hydroxylation is 1. The van der Waals surface area contributed by atoms with Gasteiger partial charge >= 0.3 is 0 Å². The van der Waals surface area contributed by atoms with Crippen LogP contribution in [0, 0.1) is 30.6 Å². The third-order valence-electron chi connectivity index (χ3n) is 8.44. The molecule has 2 unspecified atom stereocenters. The van der Waals surface area contributed by atoms with Crippen LogP contribution in [0.5, 0.6) is 0 Å². The van der Waals surface area contributed by atoms with Gasteiger partial charge in [-0.05, 0) is 70.0 Å². The summed E-state index contributed by atoms with van der Waals surface area (Å²) in [5, 5.41) is -0.106. The number of rotatable bonds is 6. The summed E-state index contributed by atoms with van der Waals surface area (Å²) in [5.74, 6) is 2.45. The van der Waals surface area contributed by atoms with Gasteiger partial charge in [-0.1, -0.05) is 57.0 Å². The Kier molecular flexibility index (Phi) is 8.64. The summed E-state index contributed by atoms with van der Waals surface area (Å²) in [6, 6.07) is 8.17. The molecule has 1 aliphatic heterocycles. The van der Waals surface area contributed by atoms with Gasteiger partial charge in [-0.15, -0.1) is 0 Å². The van der Waals surface area contributed by atoms with E-state index in [-0.39, 0.29) is 29.0 Å². The van der Waals surface area contributed by atoms with E-state index in [1.807, 2.05) is 28.8 Å². The van der Waals surface area contributed by atoms with Gasteiger partial charge in [-0.3, -0.25) is 14.2 Å². The zero-order valence-electron chi connectivity index (χ0n) is 22.9. The molecule has 0 bridgehead atoms. The fourth-order valence-corrected chi connectivity index (χ4v) is 6.47. The van der Waals surface area contributed by atoms with Crippen LogP contribution in [-0.4, -0.2) is 44.3 Å². The number of piperidine rings is 1. The second-order valence-electron chi connectivity index (χ2n) is 11.4. The molecule has 2 heterocycles. The average molecular weight is 510 g/mol. The van der Waals surface area contributed by atoms with Crippen LogP contribution in [0.3, 0.4) is 0 Å². The van der Waals surface area contributed by atoms with E-state index in [2.05, 4.69) is 52.0 Å². The highest BCUT2D eigenvalue weighted by atomic mass is 32.2. The normalized spacial score (nSPS) is 25.7. The van der Waals surface area contributed by atoms with E-state index >= 15 is 0 Å². The van der Waals surface area contributed by atoms with Gasteiger partial charge in [0.05, 0.1) is 17.0 Å². The van der Waals surface area contributed by atoms with Crippen molar-refractivity contribution in [3.8, 4) is 11.3 Å². The average Bonchev–Trinajstić information content (AvgIpc) is 3.32. The van der Waals surface area contributed by atoms with Crippen molar-refractivity contribution in [1.82, 2.24) is 14.5 Å². The van der Waals surface area contributed by atoms with E-state index in [1.54, 1.807) is 11.8 Å². The van der Waals surface area contributed by atoms with Crippen LogP contribution >= 0.6 is 11.8 Å². The lowest BCUT2D eigenvalue weighted by atomic mass is 9.69. The fourth-order valence-electron chi connectivity index (χ4n) is 6.13. The lowest BCUT2D eigenvalue weighted by molar-refractivity contribution is -0.134. The summed E-state index contributed by atoms with van der Waals surface area (Å²) in [6.45, 7) is 11.5. The van der Waals surface area contributed by atoms with E-state index in [0.717, 1.165) is 55.7 Å². The first-order valence-electron chi connectivity index (χ1n) is 13.7. The Morgan fingerprint density at radius 1 is 1.06 bits per heavy atom. The molecule has 2 aliphatic rings. The smallest absolute Gasteiger partial charge is 0.236 e. The summed E-state index contributed by atoms with van der Waals surface area (Å²) in [5.41, 5.74) is 3.02. The predicted molar refractivity (Wildman–Crippen MR) is 149 cm³/mol. The number of nitrogens with zero attached hydrogens (tertiary/aromatic N) is 3. The number of hydrogen-bond donors (Lipinski definition) is 0. The zero-order chi connectivity index (χ0) is 26.0. The molecule has 5 nitrogen and oxygen atoms in total. The Balaban J connectivity index is 1.79. The van der Waals surface area contributed by atoms with E-state index < -0.39 is 0 Å². The van der Waals surface area contributed by atoms with Crippen molar-refractivity contribution >= 4 is 23.6 Å². The summed E-state index contributed by atoms with van der Waals surface area (Å²) >= 11 is 1.58. The quantitative estimate of drug-likeness (QED) is 0.420. The number of carbonyl (C=O) groups excluding carboxylic acids is 2. The molecule has 1 amide bonds. The van der Waals surface area contributed by atoms with E-state index in [1.165, 1.54) is 12.0 Å². The molecule has 4 rings (SSSR count). The molecular formula is C30H43N3O2S. The van der Waals surface area contributed by atoms with Crippen LogP contribution in [0.1, 0.15) is 88.4 Å². The maximum atomic E-state index is 14.3. The number of thioether (sulfide) groups is 1. The summed E-state index contributed by atoms with van der Waals surface area (Å²) in [7, 11) is 0. The second kappa shape index (κ2) is 11.5. The minimum Gasteiger partial charge on any atom is -0.332 e. The van der Waals surface area contributed by atoms with Crippen molar-refractivity contribution in [2.24, 2.45) is 23.7 Å². The topological polar surface area (TPSA) is 55.2 Å². The van der Waals surface area contributed by atoms with Crippen molar-refractivity contribution in [3.63, 3.8) is 0 Å². The van der Waals surface area contributed by atoms with Gasteiger partial charge in [0.25, 0.3) is 0 Å². The minimum absolute atomic E-state index is 0.00886. The number of aromatic nitrogens is 2. The van der Waals surface area contributed by atoms with Gasteiger partial charge in [0, 0.05) is 24.2 Å². The fraction of sp³-hybridized carbons (Fsp3) is 0.633. The molecule has 2 fully saturated rings. The summed E-state index contributed by atoms with van der Waals surface area (Å²) < 4.78 is 1.85. The van der Waals surface area contributed by atoms with Crippen LogP contribution in [-0.2, 0) is 4.79 Å². The largest absolute Gasteiger partial charge is 0.332 e. The number of carbonyl (C=O) groups is 2. The highest BCUT2D eigenvalue weighted by molar-refractivity contribution is 7.99. The number of amides is 1. The number of hydrogen-bond acceptors (Lipinski definition) is 4. The molecule has 1 saturated carbocycles. The van der Waals surface area contributed by atoms with Crippen LogP contribution < -0.4 is 0 Å². The zero-order valence-corrected chi connectivity index (χ0v) is 23.7. The van der Waals surface area contributed by atoms with Gasteiger partial charge < -0.3 is 4.90 Å². The molecule has 5 atom stereocenters. The van der Waals surface area contributed by atoms with Crippen LogP contribution in [0.4, 0.5) is 0 Å². The first-order chi connectivity index (χ1) is 17.2. The van der Waals surface area contributed by atoms with Crippen molar-refractivity contribution in [1.29, 1.82) is 0 Å². The molecule has 1 aromatic heterocycles. The number of benzene rings is 1. The SMILES string of the molecule is CSC(C)C(=O)N1CCCCC1c1nc(-c2ccc(C)cc2)cn1C(=O)[C@@H]1C[C@H](C)CC[C@H]1C(C)C. The van der Waals surface area contributed by atoms with Crippen molar-refractivity contribution in [2.75, 3.05) is 12.8 Å². The highest BCUT2D eigenvalue weighted by Crippen LogP contribution is 2.40. The Hall–Kier alpha value is -2.08. The van der Waals surface area contributed by atoms with Crippen LogP contribution in [0.15, 0.2) is 30.5 Å². The van der Waals surface area contributed by atoms with E-state index in [0.29, 0.717) is 17.8 Å². The maximum absolute atomic E-state index is 14.3. The monoisotopic (exact) mass is 509 g/mol. The summed E-state index contributed by atoms with van der Waals surface area (Å²) in [4.78, 5) is 34.8. The van der Waals surface area contributed by atoms with Gasteiger partial charge in [-0.2, -0.15) is 11.8 Å². The molecule has 36 heavy (non-hydrogen) atoms. The van der Waals surface area contributed by atoms with Crippen LogP contribution in [0.25, 0.3) is 11.3 Å². The summed E-state index contributed by atoms with van der Waals surface area (Å²) in [6.07, 6.45) is 10.0. The molecule has 196 valence electrons. The number of likely N-dealkylation sites (tertiary alicyclic amines) is 1. The van der Waals surface area contributed by atoms with Gasteiger partial charge in [-0.25, -0.2) is 4.98 Å². The lowest BCUT2D eigenvalue weighted by Crippen LogP contribution is -2.44. The van der Waals surface area contributed by atoms with Gasteiger partial charge in [0.1, 0.15) is 5.82 Å². The predicted octanol–water partition coefficient (Wildman–Crippen LogP) is 7.01. The highest BCUT2D eigenvalue weighted by Gasteiger charge is 2.39. The van der Waals surface area contributed by atoms with Gasteiger partial charge in [0.15, 0.2) is 0 Å².